The summed E-state index contributed by atoms with van der Waals surface area (Å²) in [6.07, 6.45) is 10.7. The zero-order valence-electron chi connectivity index (χ0n) is 14.9. The van der Waals surface area contributed by atoms with Gasteiger partial charge in [0.15, 0.2) is 5.16 Å². The van der Waals surface area contributed by atoms with Crippen molar-refractivity contribution in [1.82, 2.24) is 15.3 Å². The Labute approximate surface area is 161 Å². The highest BCUT2D eigenvalue weighted by molar-refractivity contribution is 7.99. The van der Waals surface area contributed by atoms with E-state index >= 15 is 0 Å². The summed E-state index contributed by atoms with van der Waals surface area (Å²) < 4.78 is 0. The largest absolute Gasteiger partial charge is 0.355 e. The molecule has 2 N–H and O–H groups in total. The van der Waals surface area contributed by atoms with Gasteiger partial charge in [0.2, 0.25) is 5.91 Å². The fourth-order valence-electron chi connectivity index (χ4n) is 4.05. The third-order valence-corrected chi connectivity index (χ3v) is 7.51. The summed E-state index contributed by atoms with van der Waals surface area (Å²) in [5, 5.41) is 4.36. The van der Waals surface area contributed by atoms with E-state index in [0.29, 0.717) is 16.8 Å². The molecule has 0 atom stereocenters. The second-order valence-electron chi connectivity index (χ2n) is 7.36. The molecule has 26 heavy (non-hydrogen) atoms. The number of hydrogen-bond acceptors (Lipinski definition) is 5. The Kier molecular flexibility index (Phi) is 5.64. The lowest BCUT2D eigenvalue weighted by atomic mass is 9.89. The van der Waals surface area contributed by atoms with Gasteiger partial charge in [-0.2, -0.15) is 0 Å². The van der Waals surface area contributed by atoms with Crippen LogP contribution in [0.3, 0.4) is 0 Å². The molecule has 0 aliphatic heterocycles. The standard InChI is InChI=1S/C19H25N3O2S2/c23-15(20-10-12-6-2-1-3-7-12)11-25-19-21-17(24)16-13-8-4-5-9-14(13)26-18(16)22-19/h12H,1-11H2,(H,20,23)(H,21,22,24). The summed E-state index contributed by atoms with van der Waals surface area (Å²) in [5.41, 5.74) is 1.14. The number of rotatable bonds is 5. The maximum absolute atomic E-state index is 12.5. The van der Waals surface area contributed by atoms with E-state index in [1.54, 1.807) is 11.3 Å². The van der Waals surface area contributed by atoms with Crippen molar-refractivity contribution >= 4 is 39.2 Å². The molecule has 2 aliphatic rings. The predicted molar refractivity (Wildman–Crippen MR) is 107 cm³/mol. The molecule has 0 saturated heterocycles. The van der Waals surface area contributed by atoms with Gasteiger partial charge in [-0.25, -0.2) is 4.98 Å². The van der Waals surface area contributed by atoms with Crippen LogP contribution in [0, 0.1) is 5.92 Å². The van der Waals surface area contributed by atoms with Crippen molar-refractivity contribution in [3.8, 4) is 0 Å². The van der Waals surface area contributed by atoms with Gasteiger partial charge in [-0.3, -0.25) is 9.59 Å². The Morgan fingerprint density at radius 2 is 2.00 bits per heavy atom. The smallest absolute Gasteiger partial charge is 0.260 e. The van der Waals surface area contributed by atoms with Gasteiger partial charge in [0.1, 0.15) is 4.83 Å². The van der Waals surface area contributed by atoms with Gasteiger partial charge in [-0.1, -0.05) is 31.0 Å². The first-order chi connectivity index (χ1) is 12.7. The molecule has 2 aliphatic carbocycles. The first-order valence-corrected chi connectivity index (χ1v) is 11.4. The molecule has 140 valence electrons. The minimum absolute atomic E-state index is 0.0220. The number of carbonyl (C=O) groups excluding carboxylic acids is 1. The molecule has 2 aromatic heterocycles. The summed E-state index contributed by atoms with van der Waals surface area (Å²) in [4.78, 5) is 34.2. The molecule has 0 bridgehead atoms. The number of fused-ring (bicyclic) bond motifs is 3. The van der Waals surface area contributed by atoms with Crippen molar-refractivity contribution < 1.29 is 4.79 Å². The number of amides is 1. The SMILES string of the molecule is O=C(CSc1nc2sc3c(c2c(=O)[nH]1)CCCC3)NCC1CCCCC1. The number of thiophene rings is 1. The van der Waals surface area contributed by atoms with Crippen LogP contribution in [0.25, 0.3) is 10.2 Å². The minimum Gasteiger partial charge on any atom is -0.355 e. The molecule has 5 nitrogen and oxygen atoms in total. The maximum atomic E-state index is 12.5. The highest BCUT2D eigenvalue weighted by atomic mass is 32.2. The number of hydrogen-bond donors (Lipinski definition) is 2. The number of aryl methyl sites for hydroxylation is 2. The minimum atomic E-state index is -0.0560. The van der Waals surface area contributed by atoms with Crippen molar-refractivity contribution in [2.75, 3.05) is 12.3 Å². The van der Waals surface area contributed by atoms with Crippen LogP contribution in [0.4, 0.5) is 0 Å². The first-order valence-electron chi connectivity index (χ1n) is 9.65. The lowest BCUT2D eigenvalue weighted by molar-refractivity contribution is -0.118. The second kappa shape index (κ2) is 8.13. The van der Waals surface area contributed by atoms with Gasteiger partial charge in [-0.05, 0) is 50.0 Å². The van der Waals surface area contributed by atoms with Crippen LogP contribution in [-0.4, -0.2) is 28.2 Å². The normalized spacial score (nSPS) is 18.0. The van der Waals surface area contributed by atoms with E-state index < -0.39 is 0 Å². The van der Waals surface area contributed by atoms with Crippen LogP contribution in [0.2, 0.25) is 0 Å². The fraction of sp³-hybridized carbons (Fsp3) is 0.632. The summed E-state index contributed by atoms with van der Waals surface area (Å²) in [6.45, 7) is 0.778. The Balaban J connectivity index is 1.38. The topological polar surface area (TPSA) is 74.8 Å². The van der Waals surface area contributed by atoms with E-state index in [2.05, 4.69) is 15.3 Å². The molecule has 1 saturated carbocycles. The average molecular weight is 392 g/mol. The number of nitrogens with one attached hydrogen (secondary N) is 2. The summed E-state index contributed by atoms with van der Waals surface area (Å²) >= 11 is 2.96. The Hall–Kier alpha value is -1.34. The molecule has 0 radical (unpaired) electrons. The summed E-state index contributed by atoms with van der Waals surface area (Å²) in [6, 6.07) is 0. The first kappa shape index (κ1) is 18.0. The molecule has 4 rings (SSSR count). The van der Waals surface area contributed by atoms with E-state index in [1.165, 1.54) is 60.7 Å². The number of carbonyl (C=O) groups is 1. The van der Waals surface area contributed by atoms with Crippen LogP contribution >= 0.6 is 23.1 Å². The van der Waals surface area contributed by atoms with Crippen LogP contribution in [0.15, 0.2) is 9.95 Å². The lowest BCUT2D eigenvalue weighted by Crippen LogP contribution is -2.31. The zero-order chi connectivity index (χ0) is 17.9. The van der Waals surface area contributed by atoms with Crippen molar-refractivity contribution in [2.45, 2.75) is 62.9 Å². The average Bonchev–Trinajstić information content (AvgIpc) is 3.04. The molecule has 1 fully saturated rings. The van der Waals surface area contributed by atoms with Crippen LogP contribution in [0.5, 0.6) is 0 Å². The third kappa shape index (κ3) is 3.98. The molecule has 0 aromatic carbocycles. The Morgan fingerprint density at radius 1 is 1.19 bits per heavy atom. The second-order valence-corrected chi connectivity index (χ2v) is 9.41. The van der Waals surface area contributed by atoms with Crippen LogP contribution in [-0.2, 0) is 17.6 Å². The maximum Gasteiger partial charge on any atom is 0.260 e. The highest BCUT2D eigenvalue weighted by Crippen LogP contribution is 2.34. The van der Waals surface area contributed by atoms with Gasteiger partial charge >= 0.3 is 0 Å². The van der Waals surface area contributed by atoms with Crippen molar-refractivity contribution in [1.29, 1.82) is 0 Å². The molecule has 1 amide bonds. The Morgan fingerprint density at radius 3 is 2.85 bits per heavy atom. The fourth-order valence-corrected chi connectivity index (χ4v) is 6.06. The van der Waals surface area contributed by atoms with Crippen molar-refractivity contribution in [3.05, 3.63) is 20.8 Å². The van der Waals surface area contributed by atoms with Gasteiger partial charge in [-0.15, -0.1) is 11.3 Å². The molecule has 0 spiro atoms. The van der Waals surface area contributed by atoms with Gasteiger partial charge < -0.3 is 10.3 Å². The van der Waals surface area contributed by atoms with Crippen LogP contribution in [0.1, 0.15) is 55.4 Å². The van der Waals surface area contributed by atoms with Crippen LogP contribution < -0.4 is 10.9 Å². The van der Waals surface area contributed by atoms with Crippen molar-refractivity contribution in [2.24, 2.45) is 5.92 Å². The lowest BCUT2D eigenvalue weighted by Gasteiger charge is -2.21. The van der Waals surface area contributed by atoms with E-state index in [0.717, 1.165) is 36.0 Å². The summed E-state index contributed by atoms with van der Waals surface area (Å²) in [7, 11) is 0. The monoisotopic (exact) mass is 391 g/mol. The molecular formula is C19H25N3O2S2. The molecule has 0 unspecified atom stereocenters. The van der Waals surface area contributed by atoms with Crippen molar-refractivity contribution in [3.63, 3.8) is 0 Å². The summed E-state index contributed by atoms with van der Waals surface area (Å²) in [5.74, 6) is 0.949. The predicted octanol–water partition coefficient (Wildman–Crippen LogP) is 3.65. The number of aromatic nitrogens is 2. The zero-order valence-corrected chi connectivity index (χ0v) is 16.6. The molecule has 7 heteroatoms. The number of nitrogens with zero attached hydrogens (tertiary/aromatic N) is 1. The van der Waals surface area contributed by atoms with E-state index in [4.69, 9.17) is 0 Å². The Bertz CT molecular complexity index is 852. The van der Waals surface area contributed by atoms with Gasteiger partial charge in [0.25, 0.3) is 5.56 Å². The molecule has 2 aromatic rings. The molecule has 2 heterocycles. The van der Waals surface area contributed by atoms with E-state index in [9.17, 15) is 9.59 Å². The number of thioether (sulfide) groups is 1. The quantitative estimate of drug-likeness (QED) is 0.603. The van der Waals surface area contributed by atoms with Gasteiger partial charge in [0.05, 0.1) is 11.1 Å². The highest BCUT2D eigenvalue weighted by Gasteiger charge is 2.20. The number of H-pyrrole nitrogens is 1. The van der Waals surface area contributed by atoms with E-state index in [-0.39, 0.29) is 11.5 Å². The third-order valence-electron chi connectivity index (χ3n) is 5.46. The van der Waals surface area contributed by atoms with Gasteiger partial charge in [0, 0.05) is 11.4 Å². The van der Waals surface area contributed by atoms with E-state index in [1.807, 2.05) is 0 Å². The number of aromatic amines is 1. The molecular weight excluding hydrogens is 366 g/mol.